The van der Waals surface area contributed by atoms with Crippen LogP contribution in [0.4, 0.5) is 5.69 Å². The van der Waals surface area contributed by atoms with Crippen LogP contribution in [-0.4, -0.2) is 39.4 Å². The Morgan fingerprint density at radius 3 is 2.15 bits per heavy atom. The van der Waals surface area contributed by atoms with E-state index in [0.717, 1.165) is 5.56 Å². The number of hydrogen-bond acceptors (Lipinski definition) is 3. The summed E-state index contributed by atoms with van der Waals surface area (Å²) in [5.41, 5.74) is 2.50. The molecule has 136 valence electrons. The number of hydrogen-bond donors (Lipinski definition) is 0. The van der Waals surface area contributed by atoms with Gasteiger partial charge in [0.05, 0.1) is 5.69 Å². The van der Waals surface area contributed by atoms with Crippen molar-refractivity contribution in [2.75, 3.05) is 24.4 Å². The van der Waals surface area contributed by atoms with Crippen molar-refractivity contribution in [2.24, 2.45) is 0 Å². The summed E-state index contributed by atoms with van der Waals surface area (Å²) in [6, 6.07) is 16.5. The van der Waals surface area contributed by atoms with Gasteiger partial charge in [-0.25, -0.2) is 8.42 Å². The Morgan fingerprint density at radius 2 is 1.54 bits per heavy atom. The van der Waals surface area contributed by atoms with Crippen LogP contribution >= 0.6 is 0 Å². The quantitative estimate of drug-likeness (QED) is 0.831. The first-order chi connectivity index (χ1) is 12.4. The number of para-hydroxylation sites is 1. The minimum Gasteiger partial charge on any atom is -0.339 e. The van der Waals surface area contributed by atoms with Gasteiger partial charge in [-0.15, -0.1) is 0 Å². The van der Waals surface area contributed by atoms with Crippen molar-refractivity contribution in [1.82, 2.24) is 4.90 Å². The number of anilines is 1. The van der Waals surface area contributed by atoms with Crippen molar-refractivity contribution in [1.29, 1.82) is 0 Å². The van der Waals surface area contributed by atoms with Crippen LogP contribution < -0.4 is 4.31 Å². The summed E-state index contributed by atoms with van der Waals surface area (Å²) in [4.78, 5) is 14.6. The molecule has 0 aliphatic carbocycles. The molecule has 1 aliphatic rings. The SMILES string of the molecule is CCN(CC)C(=O)C1=C(c2ccccc2)c2ccccc2N(C)S1(=O)=O. The maximum Gasteiger partial charge on any atom is 0.270 e. The molecule has 1 heterocycles. The molecule has 1 amide bonds. The Bertz CT molecular complexity index is 962. The summed E-state index contributed by atoms with van der Waals surface area (Å²) >= 11 is 0. The van der Waals surface area contributed by atoms with E-state index in [-0.39, 0.29) is 4.91 Å². The van der Waals surface area contributed by atoms with Crippen molar-refractivity contribution >= 4 is 27.2 Å². The van der Waals surface area contributed by atoms with Crippen LogP contribution in [0, 0.1) is 0 Å². The van der Waals surface area contributed by atoms with Gasteiger partial charge in [-0.1, -0.05) is 48.5 Å². The number of rotatable bonds is 4. The zero-order chi connectivity index (χ0) is 18.9. The van der Waals surface area contributed by atoms with Gasteiger partial charge in [0.2, 0.25) is 0 Å². The minimum atomic E-state index is -3.96. The molecule has 0 fully saturated rings. The monoisotopic (exact) mass is 370 g/mol. The molecule has 0 aromatic heterocycles. The third kappa shape index (κ3) is 2.80. The largest absolute Gasteiger partial charge is 0.339 e. The number of carbonyl (C=O) groups excluding carboxylic acids is 1. The van der Waals surface area contributed by atoms with Gasteiger partial charge in [-0.3, -0.25) is 9.10 Å². The van der Waals surface area contributed by atoms with Crippen LogP contribution in [0.15, 0.2) is 59.5 Å². The van der Waals surface area contributed by atoms with Gasteiger partial charge in [-0.05, 0) is 25.5 Å². The van der Waals surface area contributed by atoms with Crippen molar-refractivity contribution in [3.8, 4) is 0 Å². The molecular formula is C20H22N2O3S. The predicted octanol–water partition coefficient (Wildman–Crippen LogP) is 3.09. The Morgan fingerprint density at radius 1 is 0.962 bits per heavy atom. The van der Waals surface area contributed by atoms with Gasteiger partial charge in [-0.2, -0.15) is 0 Å². The predicted molar refractivity (Wildman–Crippen MR) is 104 cm³/mol. The lowest BCUT2D eigenvalue weighted by Crippen LogP contribution is -2.41. The summed E-state index contributed by atoms with van der Waals surface area (Å²) in [6.07, 6.45) is 0. The van der Waals surface area contributed by atoms with E-state index in [1.807, 2.05) is 56.3 Å². The molecule has 0 saturated carbocycles. The number of benzene rings is 2. The first-order valence-electron chi connectivity index (χ1n) is 8.60. The normalized spacial score (nSPS) is 15.6. The van der Waals surface area contributed by atoms with E-state index in [4.69, 9.17) is 0 Å². The second-order valence-electron chi connectivity index (χ2n) is 6.04. The zero-order valence-corrected chi connectivity index (χ0v) is 16.0. The molecule has 0 radical (unpaired) electrons. The molecule has 0 atom stereocenters. The highest BCUT2D eigenvalue weighted by molar-refractivity contribution is 7.97. The third-order valence-corrected chi connectivity index (χ3v) is 6.48. The smallest absolute Gasteiger partial charge is 0.270 e. The first-order valence-corrected chi connectivity index (χ1v) is 10.0. The molecule has 0 saturated heterocycles. The number of sulfonamides is 1. The van der Waals surface area contributed by atoms with Crippen molar-refractivity contribution in [2.45, 2.75) is 13.8 Å². The highest BCUT2D eigenvalue weighted by Crippen LogP contribution is 2.42. The third-order valence-electron chi connectivity index (χ3n) is 4.67. The Balaban J connectivity index is 2.41. The summed E-state index contributed by atoms with van der Waals surface area (Å²) in [6.45, 7) is 4.58. The number of fused-ring (bicyclic) bond motifs is 1. The fourth-order valence-electron chi connectivity index (χ4n) is 3.24. The molecule has 26 heavy (non-hydrogen) atoms. The molecule has 2 aromatic carbocycles. The highest BCUT2D eigenvalue weighted by atomic mass is 32.2. The number of nitrogens with zero attached hydrogens (tertiary/aromatic N) is 2. The minimum absolute atomic E-state index is 0.159. The fourth-order valence-corrected chi connectivity index (χ4v) is 4.77. The number of likely N-dealkylation sites (N-methyl/N-ethyl adjacent to an activating group) is 1. The lowest BCUT2D eigenvalue weighted by Gasteiger charge is -2.32. The molecule has 3 rings (SSSR count). The molecule has 0 spiro atoms. The van der Waals surface area contributed by atoms with Gasteiger partial charge in [0.15, 0.2) is 4.91 Å². The van der Waals surface area contributed by atoms with E-state index in [0.29, 0.717) is 29.9 Å². The first kappa shape index (κ1) is 18.2. The fraction of sp³-hybridized carbons (Fsp3) is 0.250. The van der Waals surface area contributed by atoms with Crippen LogP contribution in [-0.2, 0) is 14.8 Å². The van der Waals surface area contributed by atoms with E-state index in [9.17, 15) is 13.2 Å². The van der Waals surface area contributed by atoms with Crippen molar-refractivity contribution in [3.63, 3.8) is 0 Å². The summed E-state index contributed by atoms with van der Waals surface area (Å²) < 4.78 is 27.7. The standard InChI is InChI=1S/C20H22N2O3S/c1-4-22(5-2)20(23)19-18(15-11-7-6-8-12-15)16-13-9-10-14-17(16)21(3)26(19,24)25/h6-14H,4-5H2,1-3H3. The van der Waals surface area contributed by atoms with Crippen LogP contribution in [0.5, 0.6) is 0 Å². The molecule has 0 N–H and O–H groups in total. The second-order valence-corrected chi connectivity index (χ2v) is 7.94. The van der Waals surface area contributed by atoms with E-state index >= 15 is 0 Å². The maximum absolute atomic E-state index is 13.3. The molecule has 6 heteroatoms. The Labute approximate surface area is 154 Å². The van der Waals surface area contributed by atoms with Crippen LogP contribution in [0.2, 0.25) is 0 Å². The maximum atomic E-state index is 13.3. The summed E-state index contributed by atoms with van der Waals surface area (Å²) in [5, 5.41) is 0. The average Bonchev–Trinajstić information content (AvgIpc) is 2.66. The van der Waals surface area contributed by atoms with E-state index < -0.39 is 15.9 Å². The second kappa shape index (κ2) is 6.96. The number of carbonyl (C=O) groups is 1. The van der Waals surface area contributed by atoms with E-state index in [1.54, 1.807) is 12.1 Å². The van der Waals surface area contributed by atoms with Crippen LogP contribution in [0.25, 0.3) is 5.57 Å². The molecule has 0 bridgehead atoms. The van der Waals surface area contributed by atoms with Crippen molar-refractivity contribution < 1.29 is 13.2 Å². The Kier molecular flexibility index (Phi) is 4.87. The lowest BCUT2D eigenvalue weighted by atomic mass is 9.95. The van der Waals surface area contributed by atoms with Crippen LogP contribution in [0.1, 0.15) is 25.0 Å². The summed E-state index contributed by atoms with van der Waals surface area (Å²) in [5.74, 6) is -0.463. The van der Waals surface area contributed by atoms with Gasteiger partial charge >= 0.3 is 0 Å². The van der Waals surface area contributed by atoms with Crippen molar-refractivity contribution in [3.05, 3.63) is 70.6 Å². The topological polar surface area (TPSA) is 57.7 Å². The average molecular weight is 370 g/mol. The van der Waals surface area contributed by atoms with Gasteiger partial charge in [0, 0.05) is 31.3 Å². The van der Waals surface area contributed by atoms with E-state index in [1.165, 1.54) is 16.3 Å². The summed E-state index contributed by atoms with van der Waals surface area (Å²) in [7, 11) is -2.46. The molecular weight excluding hydrogens is 348 g/mol. The molecule has 2 aromatic rings. The molecule has 0 unspecified atom stereocenters. The van der Waals surface area contributed by atoms with Gasteiger partial charge in [0.25, 0.3) is 15.9 Å². The van der Waals surface area contributed by atoms with Crippen LogP contribution in [0.3, 0.4) is 0 Å². The Hall–Kier alpha value is -2.60. The van der Waals surface area contributed by atoms with Gasteiger partial charge in [0.1, 0.15) is 0 Å². The number of amides is 1. The lowest BCUT2D eigenvalue weighted by molar-refractivity contribution is -0.126. The molecule has 1 aliphatic heterocycles. The van der Waals surface area contributed by atoms with Gasteiger partial charge < -0.3 is 4.90 Å². The van der Waals surface area contributed by atoms with E-state index in [2.05, 4.69) is 0 Å². The zero-order valence-electron chi connectivity index (χ0n) is 15.1. The molecule has 5 nitrogen and oxygen atoms in total. The highest BCUT2D eigenvalue weighted by Gasteiger charge is 2.40.